The van der Waals surface area contributed by atoms with Crippen molar-refractivity contribution in [2.75, 3.05) is 5.88 Å². The van der Waals surface area contributed by atoms with Crippen LogP contribution in [0.4, 0.5) is 0 Å². The molecule has 0 saturated carbocycles. The predicted molar refractivity (Wildman–Crippen MR) is 43.8 cm³/mol. The maximum absolute atomic E-state index is 5.42. The van der Waals surface area contributed by atoms with Crippen molar-refractivity contribution in [2.24, 2.45) is 5.92 Å². The van der Waals surface area contributed by atoms with Crippen molar-refractivity contribution in [3.63, 3.8) is 0 Å². The average molecular weight is 145 g/mol. The summed E-state index contributed by atoms with van der Waals surface area (Å²) >= 11 is 5.42. The minimum atomic E-state index is 0.574. The van der Waals surface area contributed by atoms with Crippen LogP contribution >= 0.6 is 11.6 Å². The van der Waals surface area contributed by atoms with Crippen LogP contribution < -0.4 is 0 Å². The Morgan fingerprint density at radius 1 is 1.56 bits per heavy atom. The molecule has 0 aromatic carbocycles. The van der Waals surface area contributed by atoms with Crippen molar-refractivity contribution in [2.45, 2.75) is 13.3 Å². The van der Waals surface area contributed by atoms with Gasteiger partial charge in [0.05, 0.1) is 0 Å². The van der Waals surface area contributed by atoms with Gasteiger partial charge in [0.2, 0.25) is 0 Å². The molecule has 0 N–H and O–H groups in total. The van der Waals surface area contributed by atoms with Crippen LogP contribution in [0.3, 0.4) is 0 Å². The molecule has 0 saturated heterocycles. The van der Waals surface area contributed by atoms with Gasteiger partial charge in [0.15, 0.2) is 0 Å². The lowest BCUT2D eigenvalue weighted by Gasteiger charge is -1.96. The van der Waals surface area contributed by atoms with Gasteiger partial charge >= 0.3 is 0 Å². The lowest BCUT2D eigenvalue weighted by molar-refractivity contribution is 0.746. The van der Waals surface area contributed by atoms with Crippen LogP contribution in [0, 0.1) is 5.92 Å². The molecule has 0 aliphatic heterocycles. The molecule has 0 heterocycles. The molecular weight excluding hydrogens is 132 g/mol. The van der Waals surface area contributed by atoms with Gasteiger partial charge in [-0.15, -0.1) is 18.2 Å². The van der Waals surface area contributed by atoms with Crippen LogP contribution in [0.1, 0.15) is 13.3 Å². The third-order valence-corrected chi connectivity index (χ3v) is 1.34. The second kappa shape index (κ2) is 5.90. The zero-order valence-corrected chi connectivity index (χ0v) is 6.56. The molecule has 52 valence electrons. The summed E-state index contributed by atoms with van der Waals surface area (Å²) in [4.78, 5) is 0. The van der Waals surface area contributed by atoms with Gasteiger partial charge in [-0.3, -0.25) is 0 Å². The van der Waals surface area contributed by atoms with Crippen molar-refractivity contribution >= 4 is 11.6 Å². The Morgan fingerprint density at radius 2 is 2.22 bits per heavy atom. The molecule has 0 aliphatic carbocycles. The molecule has 0 aromatic rings. The second-order valence-corrected chi connectivity index (χ2v) is 2.38. The number of allylic oxidation sites excluding steroid dienone is 3. The van der Waals surface area contributed by atoms with Gasteiger partial charge in [0, 0.05) is 5.88 Å². The van der Waals surface area contributed by atoms with E-state index in [0.29, 0.717) is 11.8 Å². The highest BCUT2D eigenvalue weighted by Gasteiger charge is 1.88. The highest BCUT2D eigenvalue weighted by molar-refractivity contribution is 6.18. The Labute approximate surface area is 62.2 Å². The summed E-state index contributed by atoms with van der Waals surface area (Å²) in [7, 11) is 0. The molecule has 9 heavy (non-hydrogen) atoms. The molecule has 0 aliphatic rings. The van der Waals surface area contributed by atoms with Gasteiger partial charge in [0.25, 0.3) is 0 Å². The Morgan fingerprint density at radius 3 is 2.67 bits per heavy atom. The van der Waals surface area contributed by atoms with Crippen LogP contribution in [-0.2, 0) is 0 Å². The first-order chi connectivity index (χ1) is 4.31. The summed E-state index contributed by atoms with van der Waals surface area (Å²) in [5, 5.41) is 0. The van der Waals surface area contributed by atoms with Crippen molar-refractivity contribution in [3.05, 3.63) is 24.8 Å². The molecule has 0 spiro atoms. The van der Waals surface area contributed by atoms with Gasteiger partial charge in [-0.25, -0.2) is 0 Å². The van der Waals surface area contributed by atoms with Crippen LogP contribution in [0.15, 0.2) is 24.8 Å². The molecule has 1 unspecified atom stereocenters. The summed E-state index contributed by atoms with van der Waals surface area (Å²) < 4.78 is 0. The number of alkyl halides is 1. The minimum Gasteiger partial charge on any atom is -0.122 e. The van der Waals surface area contributed by atoms with E-state index in [-0.39, 0.29) is 0 Å². The van der Waals surface area contributed by atoms with E-state index in [1.807, 2.05) is 12.2 Å². The van der Waals surface area contributed by atoms with Gasteiger partial charge in [-0.2, -0.15) is 0 Å². The third kappa shape index (κ3) is 5.64. The van der Waals surface area contributed by atoms with E-state index in [0.717, 1.165) is 6.42 Å². The first kappa shape index (κ1) is 8.77. The molecular formula is C8H13Cl. The molecule has 0 radical (unpaired) electrons. The maximum atomic E-state index is 5.42. The van der Waals surface area contributed by atoms with Gasteiger partial charge < -0.3 is 0 Å². The summed E-state index contributed by atoms with van der Waals surface area (Å²) in [6.07, 6.45) is 7.04. The molecule has 1 atom stereocenters. The standard InChI is InChI=1S/C8H13Cl/c1-3-8(2)6-4-5-7-9/h3-5,8H,1,6-7H2,2H3. The number of hydrogen-bond donors (Lipinski definition) is 0. The Bertz CT molecular complexity index is 94.7. The topological polar surface area (TPSA) is 0 Å². The summed E-state index contributed by atoms with van der Waals surface area (Å²) in [5.74, 6) is 1.19. The lowest BCUT2D eigenvalue weighted by Crippen LogP contribution is -1.83. The van der Waals surface area contributed by atoms with Crippen molar-refractivity contribution in [1.29, 1.82) is 0 Å². The molecule has 0 amide bonds. The summed E-state index contributed by atoms with van der Waals surface area (Å²) in [5.41, 5.74) is 0. The molecule has 0 rings (SSSR count). The number of hydrogen-bond acceptors (Lipinski definition) is 0. The van der Waals surface area contributed by atoms with Gasteiger partial charge in [0.1, 0.15) is 0 Å². The Balaban J connectivity index is 3.25. The third-order valence-electron chi connectivity index (χ3n) is 1.17. The molecule has 0 fully saturated rings. The Kier molecular flexibility index (Phi) is 5.75. The van der Waals surface area contributed by atoms with E-state index in [1.165, 1.54) is 0 Å². The van der Waals surface area contributed by atoms with Crippen LogP contribution in [0.5, 0.6) is 0 Å². The number of rotatable bonds is 4. The van der Waals surface area contributed by atoms with E-state index >= 15 is 0 Å². The monoisotopic (exact) mass is 144 g/mol. The Hall–Kier alpha value is -0.230. The fourth-order valence-corrected chi connectivity index (χ4v) is 0.596. The smallest absolute Gasteiger partial charge is 0.0404 e. The highest BCUT2D eigenvalue weighted by atomic mass is 35.5. The summed E-state index contributed by atoms with van der Waals surface area (Å²) in [6, 6.07) is 0. The second-order valence-electron chi connectivity index (χ2n) is 2.07. The van der Waals surface area contributed by atoms with E-state index < -0.39 is 0 Å². The van der Waals surface area contributed by atoms with Crippen molar-refractivity contribution in [3.8, 4) is 0 Å². The van der Waals surface area contributed by atoms with Gasteiger partial charge in [-0.1, -0.05) is 25.2 Å². The summed E-state index contributed by atoms with van der Waals surface area (Å²) in [6.45, 7) is 5.80. The van der Waals surface area contributed by atoms with E-state index in [4.69, 9.17) is 11.6 Å². The first-order valence-electron chi connectivity index (χ1n) is 3.14. The normalized spacial score (nSPS) is 14.0. The molecule has 0 bridgehead atoms. The SMILES string of the molecule is C=CC(C)CC=CCCl. The minimum absolute atomic E-state index is 0.574. The first-order valence-corrected chi connectivity index (χ1v) is 3.68. The lowest BCUT2D eigenvalue weighted by atomic mass is 10.1. The zero-order chi connectivity index (χ0) is 7.11. The largest absolute Gasteiger partial charge is 0.122 e. The van der Waals surface area contributed by atoms with Crippen molar-refractivity contribution in [1.82, 2.24) is 0 Å². The average Bonchev–Trinajstić information content (AvgIpc) is 1.89. The van der Waals surface area contributed by atoms with E-state index in [2.05, 4.69) is 19.6 Å². The fraction of sp³-hybridized carbons (Fsp3) is 0.500. The van der Waals surface area contributed by atoms with Crippen LogP contribution in [-0.4, -0.2) is 5.88 Å². The zero-order valence-electron chi connectivity index (χ0n) is 5.81. The van der Waals surface area contributed by atoms with Gasteiger partial charge in [-0.05, 0) is 12.3 Å². The molecule has 1 heteroatoms. The van der Waals surface area contributed by atoms with E-state index in [9.17, 15) is 0 Å². The maximum Gasteiger partial charge on any atom is 0.0404 e. The van der Waals surface area contributed by atoms with Crippen LogP contribution in [0.2, 0.25) is 0 Å². The van der Waals surface area contributed by atoms with Crippen LogP contribution in [0.25, 0.3) is 0 Å². The quantitative estimate of drug-likeness (QED) is 0.421. The van der Waals surface area contributed by atoms with E-state index in [1.54, 1.807) is 0 Å². The highest BCUT2D eigenvalue weighted by Crippen LogP contribution is 2.02. The molecule has 0 nitrogen and oxygen atoms in total. The predicted octanol–water partition coefficient (Wildman–Crippen LogP) is 2.99. The number of halogens is 1. The van der Waals surface area contributed by atoms with Crippen molar-refractivity contribution < 1.29 is 0 Å². The fourth-order valence-electron chi connectivity index (χ4n) is 0.470. The molecule has 0 aromatic heterocycles.